The summed E-state index contributed by atoms with van der Waals surface area (Å²) in [4.78, 5) is 32.2. The van der Waals surface area contributed by atoms with Crippen LogP contribution in [0.4, 0.5) is 4.79 Å². The van der Waals surface area contributed by atoms with Crippen LogP contribution < -0.4 is 0 Å². The molecule has 0 N–H and O–H groups in total. The van der Waals surface area contributed by atoms with Gasteiger partial charge in [-0.2, -0.15) is 0 Å². The predicted molar refractivity (Wildman–Crippen MR) is 107 cm³/mol. The summed E-state index contributed by atoms with van der Waals surface area (Å²) >= 11 is 9.54. The number of fused-ring (bicyclic) bond motifs is 1. The highest BCUT2D eigenvalue weighted by molar-refractivity contribution is 9.18. The second-order valence-corrected chi connectivity index (χ2v) is 8.30. The number of carbonyl (C=O) groups is 2. The number of rotatable bonds is 4. The summed E-state index contributed by atoms with van der Waals surface area (Å²) in [6.07, 6.45) is 4.26. The molecule has 0 spiro atoms. The first-order valence-corrected chi connectivity index (χ1v) is 10.1. The molecular weight excluding hydrogens is 418 g/mol. The molecule has 0 aromatic heterocycles. The highest BCUT2D eigenvalue weighted by Gasteiger charge is 2.44. The van der Waals surface area contributed by atoms with Crippen molar-refractivity contribution in [2.24, 2.45) is 16.8 Å². The molecule has 2 aliphatic rings. The lowest BCUT2D eigenvalue weighted by Crippen LogP contribution is -2.58. The highest BCUT2D eigenvalue weighted by Crippen LogP contribution is 2.34. The average molecular weight is 441 g/mol. The van der Waals surface area contributed by atoms with Crippen LogP contribution in [0.3, 0.4) is 0 Å². The van der Waals surface area contributed by atoms with E-state index in [1.165, 1.54) is 10.5 Å². The molecular formula is C19H23BrClN3O2. The lowest BCUT2D eigenvalue weighted by molar-refractivity contribution is -0.137. The topological polar surface area (TPSA) is 53.0 Å². The number of hydrogen-bond acceptors (Lipinski definition) is 3. The SMILES string of the molecule is CN1C(=O)C2CCC(CCCc3ccc(Cl)cc3)C(Br)=NC2N(C)C1=O. The van der Waals surface area contributed by atoms with Gasteiger partial charge in [0, 0.05) is 25.0 Å². The quantitative estimate of drug-likeness (QED) is 0.699. The van der Waals surface area contributed by atoms with E-state index in [1.54, 1.807) is 19.0 Å². The number of imide groups is 1. The third kappa shape index (κ3) is 3.96. The molecule has 0 radical (unpaired) electrons. The number of benzene rings is 1. The van der Waals surface area contributed by atoms with Crippen molar-refractivity contribution in [1.82, 2.24) is 9.80 Å². The Morgan fingerprint density at radius 1 is 1.19 bits per heavy atom. The third-order valence-corrected chi connectivity index (χ3v) is 6.45. The Balaban J connectivity index is 1.65. The lowest BCUT2D eigenvalue weighted by atomic mass is 9.90. The summed E-state index contributed by atoms with van der Waals surface area (Å²) in [5.74, 6) is -0.0880. The number of amides is 3. The zero-order valence-electron chi connectivity index (χ0n) is 15.0. The summed E-state index contributed by atoms with van der Waals surface area (Å²) < 4.78 is 0.873. The molecule has 2 aliphatic heterocycles. The molecule has 3 unspecified atom stereocenters. The van der Waals surface area contributed by atoms with Gasteiger partial charge in [-0.3, -0.25) is 14.7 Å². The van der Waals surface area contributed by atoms with Crippen molar-refractivity contribution in [1.29, 1.82) is 0 Å². The van der Waals surface area contributed by atoms with Crippen LogP contribution >= 0.6 is 27.5 Å². The normalized spacial score (nSPS) is 26.5. The molecule has 0 aliphatic carbocycles. The average Bonchev–Trinajstić information content (AvgIpc) is 2.79. The molecule has 140 valence electrons. The predicted octanol–water partition coefficient (Wildman–Crippen LogP) is 4.33. The standard InChI is InChI=1S/C19H23BrClN3O2/c1-23-17-15(18(25)24(2)19(23)26)11-8-13(16(20)22-17)5-3-4-12-6-9-14(21)10-7-12/h6-7,9-10,13,15,17H,3-5,8,11H2,1-2H3. The van der Waals surface area contributed by atoms with Crippen molar-refractivity contribution in [2.45, 2.75) is 38.3 Å². The molecule has 1 fully saturated rings. The molecule has 0 saturated carbocycles. The van der Waals surface area contributed by atoms with Crippen molar-refractivity contribution in [3.05, 3.63) is 34.9 Å². The maximum atomic E-state index is 12.5. The van der Waals surface area contributed by atoms with E-state index in [0.29, 0.717) is 0 Å². The third-order valence-electron chi connectivity index (χ3n) is 5.34. The van der Waals surface area contributed by atoms with Crippen LogP contribution in [-0.2, 0) is 11.2 Å². The second kappa shape index (κ2) is 8.09. The molecule has 3 atom stereocenters. The molecule has 1 aromatic carbocycles. The number of halogens is 2. The number of nitrogens with zero attached hydrogens (tertiary/aromatic N) is 3. The van der Waals surface area contributed by atoms with Crippen LogP contribution in [0, 0.1) is 11.8 Å². The molecule has 1 saturated heterocycles. The number of urea groups is 1. The number of aliphatic imine (C=N–C) groups is 1. The Morgan fingerprint density at radius 2 is 1.88 bits per heavy atom. The van der Waals surface area contributed by atoms with E-state index >= 15 is 0 Å². The van der Waals surface area contributed by atoms with Gasteiger partial charge in [-0.1, -0.05) is 23.7 Å². The van der Waals surface area contributed by atoms with Gasteiger partial charge >= 0.3 is 6.03 Å². The number of carbonyl (C=O) groups excluding carboxylic acids is 2. The van der Waals surface area contributed by atoms with Crippen LogP contribution in [0.2, 0.25) is 5.02 Å². The van der Waals surface area contributed by atoms with E-state index in [-0.39, 0.29) is 23.8 Å². The Kier molecular flexibility index (Phi) is 6.03. The number of hydrogen-bond donors (Lipinski definition) is 0. The van der Waals surface area contributed by atoms with Crippen LogP contribution in [0.25, 0.3) is 0 Å². The summed E-state index contributed by atoms with van der Waals surface area (Å²) in [6, 6.07) is 7.66. The summed E-state index contributed by atoms with van der Waals surface area (Å²) in [6.45, 7) is 0. The first-order chi connectivity index (χ1) is 12.4. The van der Waals surface area contributed by atoms with Crippen molar-refractivity contribution >= 4 is 44.1 Å². The minimum Gasteiger partial charge on any atom is -0.304 e. The molecule has 3 rings (SSSR count). The molecule has 5 nitrogen and oxygen atoms in total. The van der Waals surface area contributed by atoms with Gasteiger partial charge in [-0.25, -0.2) is 4.79 Å². The van der Waals surface area contributed by atoms with E-state index in [1.807, 2.05) is 12.1 Å². The molecule has 1 aromatic rings. The van der Waals surface area contributed by atoms with Gasteiger partial charge in [0.05, 0.1) is 10.5 Å². The fourth-order valence-corrected chi connectivity index (χ4v) is 4.53. The van der Waals surface area contributed by atoms with Gasteiger partial charge < -0.3 is 4.90 Å². The van der Waals surface area contributed by atoms with Crippen LogP contribution in [0.1, 0.15) is 31.2 Å². The minimum atomic E-state index is -0.401. The van der Waals surface area contributed by atoms with Crippen molar-refractivity contribution in [2.75, 3.05) is 14.1 Å². The zero-order chi connectivity index (χ0) is 18.8. The van der Waals surface area contributed by atoms with Crippen LogP contribution in [0.15, 0.2) is 29.3 Å². The van der Waals surface area contributed by atoms with E-state index in [0.717, 1.165) is 41.7 Å². The smallest absolute Gasteiger partial charge is 0.304 e. The maximum absolute atomic E-state index is 12.5. The fourth-order valence-electron chi connectivity index (χ4n) is 3.74. The van der Waals surface area contributed by atoms with Crippen molar-refractivity contribution < 1.29 is 9.59 Å². The van der Waals surface area contributed by atoms with E-state index in [2.05, 4.69) is 28.1 Å². The zero-order valence-corrected chi connectivity index (χ0v) is 17.3. The first-order valence-electron chi connectivity index (χ1n) is 8.90. The first kappa shape index (κ1) is 19.4. The van der Waals surface area contributed by atoms with Gasteiger partial charge in [-0.05, 0) is 65.7 Å². The monoisotopic (exact) mass is 439 g/mol. The maximum Gasteiger partial charge on any atom is 0.327 e. The van der Waals surface area contributed by atoms with E-state index in [9.17, 15) is 9.59 Å². The van der Waals surface area contributed by atoms with Gasteiger partial charge in [0.2, 0.25) is 5.91 Å². The Bertz CT molecular complexity index is 722. The second-order valence-electron chi connectivity index (χ2n) is 7.06. The summed E-state index contributed by atoms with van der Waals surface area (Å²) in [5.41, 5.74) is 1.27. The summed E-state index contributed by atoms with van der Waals surface area (Å²) in [5, 5.41) is 0.753. The molecule has 0 bridgehead atoms. The molecule has 26 heavy (non-hydrogen) atoms. The molecule has 3 amide bonds. The van der Waals surface area contributed by atoms with Crippen LogP contribution in [-0.4, -0.2) is 46.6 Å². The molecule has 7 heteroatoms. The van der Waals surface area contributed by atoms with E-state index in [4.69, 9.17) is 16.6 Å². The van der Waals surface area contributed by atoms with Crippen LogP contribution in [0.5, 0.6) is 0 Å². The lowest BCUT2D eigenvalue weighted by Gasteiger charge is -2.39. The van der Waals surface area contributed by atoms with Crippen molar-refractivity contribution in [3.63, 3.8) is 0 Å². The largest absolute Gasteiger partial charge is 0.327 e. The number of aryl methyl sites for hydroxylation is 1. The molecule has 2 heterocycles. The van der Waals surface area contributed by atoms with Crippen molar-refractivity contribution in [3.8, 4) is 0 Å². The Labute approximate surface area is 167 Å². The van der Waals surface area contributed by atoms with Gasteiger partial charge in [0.15, 0.2) is 0 Å². The van der Waals surface area contributed by atoms with Gasteiger partial charge in [0.1, 0.15) is 6.17 Å². The Morgan fingerprint density at radius 3 is 2.58 bits per heavy atom. The van der Waals surface area contributed by atoms with Gasteiger partial charge in [0.25, 0.3) is 0 Å². The fraction of sp³-hybridized carbons (Fsp3) is 0.526. The Hall–Kier alpha value is -1.40. The minimum absolute atomic E-state index is 0.121. The van der Waals surface area contributed by atoms with E-state index < -0.39 is 6.17 Å². The summed E-state index contributed by atoms with van der Waals surface area (Å²) in [7, 11) is 3.26. The van der Waals surface area contributed by atoms with Gasteiger partial charge in [-0.15, -0.1) is 0 Å². The highest BCUT2D eigenvalue weighted by atomic mass is 79.9.